The molecule has 0 aliphatic rings. The number of aryl methyl sites for hydroxylation is 2. The van der Waals surface area contributed by atoms with Crippen molar-refractivity contribution < 1.29 is 4.74 Å². The van der Waals surface area contributed by atoms with Gasteiger partial charge in [0.15, 0.2) is 0 Å². The highest BCUT2D eigenvalue weighted by molar-refractivity contribution is 5.36. The molecule has 2 rings (SSSR count). The maximum atomic E-state index is 5.96. The second-order valence-electron chi connectivity index (χ2n) is 5.55. The van der Waals surface area contributed by atoms with Crippen LogP contribution in [0.2, 0.25) is 0 Å². The maximum absolute atomic E-state index is 5.96. The molecule has 0 aromatic heterocycles. The molecule has 2 heteroatoms. The Bertz CT molecular complexity index is 578. The summed E-state index contributed by atoms with van der Waals surface area (Å²) in [6.07, 6.45) is 1.16. The summed E-state index contributed by atoms with van der Waals surface area (Å²) in [6, 6.07) is 14.9. The summed E-state index contributed by atoms with van der Waals surface area (Å²) < 4.78 is 5.96. The van der Waals surface area contributed by atoms with Crippen molar-refractivity contribution in [3.8, 4) is 5.75 Å². The Morgan fingerprint density at radius 2 is 1.81 bits per heavy atom. The highest BCUT2D eigenvalue weighted by Crippen LogP contribution is 2.20. The molecule has 0 saturated heterocycles. The lowest BCUT2D eigenvalue weighted by molar-refractivity contribution is 0.304. The average molecular weight is 283 g/mol. The minimum Gasteiger partial charge on any atom is -0.489 e. The second kappa shape index (κ2) is 7.84. The molecule has 2 aromatic carbocycles. The van der Waals surface area contributed by atoms with Crippen LogP contribution in [0.1, 0.15) is 35.6 Å². The maximum Gasteiger partial charge on any atom is 0.122 e. The van der Waals surface area contributed by atoms with Gasteiger partial charge in [0.05, 0.1) is 0 Å². The van der Waals surface area contributed by atoms with Crippen LogP contribution in [0.5, 0.6) is 5.75 Å². The third kappa shape index (κ3) is 4.91. The van der Waals surface area contributed by atoms with Gasteiger partial charge in [-0.05, 0) is 55.1 Å². The van der Waals surface area contributed by atoms with Gasteiger partial charge in [-0.15, -0.1) is 0 Å². The van der Waals surface area contributed by atoms with Crippen molar-refractivity contribution in [1.82, 2.24) is 5.32 Å². The standard InChI is InChI=1S/C19H25NO/c1-4-10-20-13-17-6-5-7-18(12-17)14-21-19-11-15(2)8-9-16(19)3/h5-9,11-12,20H,4,10,13-14H2,1-3H3. The van der Waals surface area contributed by atoms with Crippen molar-refractivity contribution in [2.24, 2.45) is 0 Å². The smallest absolute Gasteiger partial charge is 0.122 e. The first kappa shape index (κ1) is 15.6. The van der Waals surface area contributed by atoms with Crippen LogP contribution in [0, 0.1) is 13.8 Å². The molecule has 2 aromatic rings. The zero-order valence-corrected chi connectivity index (χ0v) is 13.3. The van der Waals surface area contributed by atoms with Crippen LogP contribution >= 0.6 is 0 Å². The Kier molecular flexibility index (Phi) is 5.82. The van der Waals surface area contributed by atoms with Crippen LogP contribution in [-0.2, 0) is 13.2 Å². The molecule has 1 N–H and O–H groups in total. The monoisotopic (exact) mass is 283 g/mol. The summed E-state index contributed by atoms with van der Waals surface area (Å²) in [5.41, 5.74) is 4.94. The fourth-order valence-electron chi connectivity index (χ4n) is 2.26. The van der Waals surface area contributed by atoms with Gasteiger partial charge in [-0.2, -0.15) is 0 Å². The third-order valence-corrected chi connectivity index (χ3v) is 3.49. The van der Waals surface area contributed by atoms with Crippen LogP contribution < -0.4 is 10.1 Å². The molecular weight excluding hydrogens is 258 g/mol. The van der Waals surface area contributed by atoms with Crippen molar-refractivity contribution in [1.29, 1.82) is 0 Å². The molecule has 0 radical (unpaired) electrons. The Hall–Kier alpha value is -1.80. The summed E-state index contributed by atoms with van der Waals surface area (Å²) in [5, 5.41) is 3.43. The molecule has 0 aliphatic carbocycles. The Morgan fingerprint density at radius 3 is 2.62 bits per heavy atom. The molecule has 0 aliphatic heterocycles. The molecule has 0 unspecified atom stereocenters. The van der Waals surface area contributed by atoms with Gasteiger partial charge < -0.3 is 10.1 Å². The van der Waals surface area contributed by atoms with E-state index in [9.17, 15) is 0 Å². The quantitative estimate of drug-likeness (QED) is 0.761. The molecule has 0 fully saturated rings. The largest absolute Gasteiger partial charge is 0.489 e. The third-order valence-electron chi connectivity index (χ3n) is 3.49. The van der Waals surface area contributed by atoms with Crippen molar-refractivity contribution >= 4 is 0 Å². The van der Waals surface area contributed by atoms with Crippen molar-refractivity contribution in [2.45, 2.75) is 40.3 Å². The molecular formula is C19H25NO. The van der Waals surface area contributed by atoms with Gasteiger partial charge in [0.2, 0.25) is 0 Å². The lowest BCUT2D eigenvalue weighted by Gasteiger charge is -2.11. The average Bonchev–Trinajstić information content (AvgIpc) is 2.49. The fourth-order valence-corrected chi connectivity index (χ4v) is 2.26. The van der Waals surface area contributed by atoms with Crippen molar-refractivity contribution in [3.05, 3.63) is 64.7 Å². The number of nitrogens with one attached hydrogen (secondary N) is 1. The summed E-state index contributed by atoms with van der Waals surface area (Å²) in [5.74, 6) is 0.976. The van der Waals surface area contributed by atoms with E-state index in [1.165, 1.54) is 22.3 Å². The summed E-state index contributed by atoms with van der Waals surface area (Å²) >= 11 is 0. The van der Waals surface area contributed by atoms with E-state index < -0.39 is 0 Å². The van der Waals surface area contributed by atoms with E-state index in [1.54, 1.807) is 0 Å². The minimum absolute atomic E-state index is 0.617. The highest BCUT2D eigenvalue weighted by Gasteiger charge is 2.02. The summed E-state index contributed by atoms with van der Waals surface area (Å²) in [6.45, 7) is 8.95. The van der Waals surface area contributed by atoms with Gasteiger partial charge in [-0.3, -0.25) is 0 Å². The van der Waals surface area contributed by atoms with Gasteiger partial charge in [0, 0.05) is 6.54 Å². The van der Waals surface area contributed by atoms with Crippen LogP contribution in [-0.4, -0.2) is 6.54 Å². The normalized spacial score (nSPS) is 10.6. The number of hydrogen-bond acceptors (Lipinski definition) is 2. The van der Waals surface area contributed by atoms with E-state index in [-0.39, 0.29) is 0 Å². The molecule has 0 spiro atoms. The number of ether oxygens (including phenoxy) is 1. The van der Waals surface area contributed by atoms with Crippen molar-refractivity contribution in [3.63, 3.8) is 0 Å². The lowest BCUT2D eigenvalue weighted by atomic mass is 10.1. The van der Waals surface area contributed by atoms with E-state index >= 15 is 0 Å². The van der Waals surface area contributed by atoms with E-state index in [2.05, 4.69) is 68.6 Å². The number of benzene rings is 2. The predicted molar refractivity (Wildman–Crippen MR) is 88.7 cm³/mol. The van der Waals surface area contributed by atoms with Crippen LogP contribution in [0.25, 0.3) is 0 Å². The van der Waals surface area contributed by atoms with Gasteiger partial charge in [-0.25, -0.2) is 0 Å². The molecule has 2 nitrogen and oxygen atoms in total. The molecule has 112 valence electrons. The van der Waals surface area contributed by atoms with Crippen LogP contribution in [0.3, 0.4) is 0 Å². The van der Waals surface area contributed by atoms with Crippen LogP contribution in [0.15, 0.2) is 42.5 Å². The van der Waals surface area contributed by atoms with Crippen LogP contribution in [0.4, 0.5) is 0 Å². The second-order valence-corrected chi connectivity index (χ2v) is 5.55. The summed E-state index contributed by atoms with van der Waals surface area (Å²) in [7, 11) is 0. The number of rotatable bonds is 7. The first-order chi connectivity index (χ1) is 10.2. The fraction of sp³-hybridized carbons (Fsp3) is 0.368. The molecule has 21 heavy (non-hydrogen) atoms. The first-order valence-corrected chi connectivity index (χ1v) is 7.67. The molecule has 0 atom stereocenters. The Balaban J connectivity index is 1.96. The molecule has 0 amide bonds. The molecule has 0 bridgehead atoms. The van der Waals surface area contributed by atoms with Gasteiger partial charge in [-0.1, -0.05) is 43.3 Å². The Morgan fingerprint density at radius 1 is 1.00 bits per heavy atom. The SMILES string of the molecule is CCCNCc1cccc(COc2cc(C)ccc2C)c1. The highest BCUT2D eigenvalue weighted by atomic mass is 16.5. The van der Waals surface area contributed by atoms with Crippen molar-refractivity contribution in [2.75, 3.05) is 6.54 Å². The lowest BCUT2D eigenvalue weighted by Crippen LogP contribution is -2.13. The minimum atomic E-state index is 0.617. The van der Waals surface area contributed by atoms with Gasteiger partial charge >= 0.3 is 0 Å². The first-order valence-electron chi connectivity index (χ1n) is 7.67. The van der Waals surface area contributed by atoms with E-state index in [1.807, 2.05) is 0 Å². The molecule has 0 heterocycles. The number of hydrogen-bond donors (Lipinski definition) is 1. The van der Waals surface area contributed by atoms with Gasteiger partial charge in [0.25, 0.3) is 0 Å². The van der Waals surface area contributed by atoms with E-state index in [0.717, 1.165) is 25.3 Å². The zero-order valence-electron chi connectivity index (χ0n) is 13.3. The Labute approximate surface area is 128 Å². The van der Waals surface area contributed by atoms with E-state index in [4.69, 9.17) is 4.74 Å². The van der Waals surface area contributed by atoms with E-state index in [0.29, 0.717) is 6.61 Å². The van der Waals surface area contributed by atoms with Gasteiger partial charge in [0.1, 0.15) is 12.4 Å². The summed E-state index contributed by atoms with van der Waals surface area (Å²) in [4.78, 5) is 0. The predicted octanol–water partition coefficient (Wildman–Crippen LogP) is 4.38. The molecule has 0 saturated carbocycles. The topological polar surface area (TPSA) is 21.3 Å². The zero-order chi connectivity index (χ0) is 15.1.